The third kappa shape index (κ3) is 6.79. The van der Waals surface area contributed by atoms with Gasteiger partial charge in [-0.3, -0.25) is 9.59 Å². The van der Waals surface area contributed by atoms with E-state index in [-0.39, 0.29) is 11.7 Å². The molecule has 0 fully saturated rings. The van der Waals surface area contributed by atoms with Gasteiger partial charge in [0, 0.05) is 31.3 Å². The number of rotatable bonds is 7. The molecule has 0 spiro atoms. The molecule has 1 aliphatic rings. The molecule has 0 saturated heterocycles. The molecule has 3 rings (SSSR count). The predicted octanol–water partition coefficient (Wildman–Crippen LogP) is 4.59. The summed E-state index contributed by atoms with van der Waals surface area (Å²) in [5, 5.41) is 17.1. The second kappa shape index (κ2) is 11.8. The lowest BCUT2D eigenvalue weighted by Crippen LogP contribution is -2.36. The fourth-order valence-electron chi connectivity index (χ4n) is 4.07. The summed E-state index contributed by atoms with van der Waals surface area (Å²) in [6, 6.07) is 14.8. The summed E-state index contributed by atoms with van der Waals surface area (Å²) in [4.78, 5) is 36.3. The number of hydrogen-bond donors (Lipinski definition) is 3. The van der Waals surface area contributed by atoms with Crippen LogP contribution in [0.5, 0.6) is 0 Å². The largest absolute Gasteiger partial charge is 0.355 e. The van der Waals surface area contributed by atoms with Crippen molar-refractivity contribution in [3.8, 4) is 6.07 Å². The Balaban J connectivity index is 1.61. The molecule has 34 heavy (non-hydrogen) atoms. The average Bonchev–Trinajstić information content (AvgIpc) is 3.09. The fraction of sp³-hybridized carbons (Fsp3) is 0.333. The number of Topliss-reactive ketones (excluding diaryl/α,β-unsaturated/α-hetero) is 1. The van der Waals surface area contributed by atoms with Gasteiger partial charge in [0.1, 0.15) is 0 Å². The molecule has 176 valence electrons. The number of benzene rings is 2. The van der Waals surface area contributed by atoms with Gasteiger partial charge in [-0.1, -0.05) is 30.3 Å². The van der Waals surface area contributed by atoms with Crippen molar-refractivity contribution < 1.29 is 14.4 Å². The Labute approximate surface area is 200 Å². The Kier molecular flexibility index (Phi) is 8.58. The summed E-state index contributed by atoms with van der Waals surface area (Å²) < 4.78 is 0. The zero-order valence-electron chi connectivity index (χ0n) is 19.6. The number of anilines is 1. The topological polar surface area (TPSA) is 111 Å². The van der Waals surface area contributed by atoms with E-state index >= 15 is 0 Å². The standard InChI is InChI=1S/C27H30N4O3/c1-18-6-9-24(16-25(18)31-27(34)30-15-14-29-19(2)32)26(33)23-5-3-4-21(12-13-23)22-10-7-20(17-28)8-11-22/h5-11,16,21H,3-4,12-15H2,1-2H3,(H,29,32)(H2,30,31,34). The smallest absolute Gasteiger partial charge is 0.319 e. The third-order valence-electron chi connectivity index (χ3n) is 6.00. The quantitative estimate of drug-likeness (QED) is 0.416. The summed E-state index contributed by atoms with van der Waals surface area (Å²) in [6.45, 7) is 3.94. The van der Waals surface area contributed by atoms with E-state index in [0.29, 0.717) is 42.2 Å². The molecule has 3 N–H and O–H groups in total. The lowest BCUT2D eigenvalue weighted by atomic mass is 9.90. The Morgan fingerprint density at radius 2 is 1.76 bits per heavy atom. The number of nitrogens with zero attached hydrogens (tertiary/aromatic N) is 1. The highest BCUT2D eigenvalue weighted by Gasteiger charge is 2.20. The molecular formula is C27H30N4O3. The molecule has 0 saturated carbocycles. The summed E-state index contributed by atoms with van der Waals surface area (Å²) in [7, 11) is 0. The number of nitrogens with one attached hydrogen (secondary N) is 3. The second-order valence-corrected chi connectivity index (χ2v) is 8.50. The maximum Gasteiger partial charge on any atom is 0.319 e. The normalized spacial score (nSPS) is 15.3. The van der Waals surface area contributed by atoms with E-state index in [1.807, 2.05) is 43.3 Å². The van der Waals surface area contributed by atoms with Crippen molar-refractivity contribution in [1.29, 1.82) is 5.26 Å². The van der Waals surface area contributed by atoms with Crippen molar-refractivity contribution >= 4 is 23.4 Å². The third-order valence-corrected chi connectivity index (χ3v) is 6.00. The van der Waals surface area contributed by atoms with Gasteiger partial charge in [-0.15, -0.1) is 0 Å². The van der Waals surface area contributed by atoms with Crippen molar-refractivity contribution in [3.63, 3.8) is 0 Å². The molecule has 1 unspecified atom stereocenters. The van der Waals surface area contributed by atoms with Gasteiger partial charge in [-0.25, -0.2) is 4.79 Å². The van der Waals surface area contributed by atoms with Crippen LogP contribution in [0.15, 0.2) is 54.1 Å². The van der Waals surface area contributed by atoms with Gasteiger partial charge >= 0.3 is 6.03 Å². The number of aryl methyl sites for hydroxylation is 1. The van der Waals surface area contributed by atoms with Gasteiger partial charge in [0.2, 0.25) is 5.91 Å². The van der Waals surface area contributed by atoms with Crippen LogP contribution in [0.4, 0.5) is 10.5 Å². The van der Waals surface area contributed by atoms with Crippen LogP contribution in [0.3, 0.4) is 0 Å². The Morgan fingerprint density at radius 3 is 2.47 bits per heavy atom. The molecule has 3 amide bonds. The molecule has 0 aromatic heterocycles. The van der Waals surface area contributed by atoms with Crippen molar-refractivity contribution in [2.24, 2.45) is 0 Å². The number of hydrogen-bond acceptors (Lipinski definition) is 4. The molecule has 1 atom stereocenters. The molecule has 0 aliphatic heterocycles. The highest BCUT2D eigenvalue weighted by Crippen LogP contribution is 2.33. The lowest BCUT2D eigenvalue weighted by molar-refractivity contribution is -0.118. The highest BCUT2D eigenvalue weighted by molar-refractivity contribution is 6.09. The van der Waals surface area contributed by atoms with Gasteiger partial charge in [0.25, 0.3) is 0 Å². The van der Waals surface area contributed by atoms with Gasteiger partial charge in [-0.2, -0.15) is 5.26 Å². The van der Waals surface area contributed by atoms with E-state index in [2.05, 4.69) is 22.0 Å². The lowest BCUT2D eigenvalue weighted by Gasteiger charge is -2.15. The zero-order valence-corrected chi connectivity index (χ0v) is 19.6. The van der Waals surface area contributed by atoms with Crippen molar-refractivity contribution in [3.05, 3.63) is 76.4 Å². The summed E-state index contributed by atoms with van der Waals surface area (Å²) in [6.07, 6.45) is 5.37. The minimum Gasteiger partial charge on any atom is -0.355 e. The number of carbonyl (C=O) groups is 3. The number of carbonyl (C=O) groups excluding carboxylic acids is 3. The van der Waals surface area contributed by atoms with Crippen LogP contribution in [-0.4, -0.2) is 30.8 Å². The molecule has 2 aromatic rings. The second-order valence-electron chi connectivity index (χ2n) is 8.50. The highest BCUT2D eigenvalue weighted by atomic mass is 16.2. The fourth-order valence-corrected chi connectivity index (χ4v) is 4.07. The van der Waals surface area contributed by atoms with E-state index in [9.17, 15) is 14.4 Å². The van der Waals surface area contributed by atoms with Crippen LogP contribution in [0, 0.1) is 18.3 Å². The Hall–Kier alpha value is -3.92. The number of nitriles is 1. The van der Waals surface area contributed by atoms with Crippen molar-refractivity contribution in [1.82, 2.24) is 10.6 Å². The van der Waals surface area contributed by atoms with Crippen LogP contribution in [0.1, 0.15) is 65.6 Å². The zero-order chi connectivity index (χ0) is 24.5. The predicted molar refractivity (Wildman–Crippen MR) is 132 cm³/mol. The first-order valence-corrected chi connectivity index (χ1v) is 11.5. The van der Waals surface area contributed by atoms with E-state index in [0.717, 1.165) is 30.4 Å². The summed E-state index contributed by atoms with van der Waals surface area (Å²) in [5.74, 6) is 0.181. The summed E-state index contributed by atoms with van der Waals surface area (Å²) >= 11 is 0. The van der Waals surface area contributed by atoms with Crippen molar-refractivity contribution in [2.75, 3.05) is 18.4 Å². The molecule has 0 radical (unpaired) electrons. The van der Waals surface area contributed by atoms with E-state index in [1.54, 1.807) is 12.1 Å². The minimum atomic E-state index is -0.392. The van der Waals surface area contributed by atoms with Crippen molar-refractivity contribution in [2.45, 2.75) is 45.4 Å². The molecule has 0 bridgehead atoms. The van der Waals surface area contributed by atoms with Gasteiger partial charge in [0.05, 0.1) is 11.6 Å². The van der Waals surface area contributed by atoms with Crippen LogP contribution in [0.2, 0.25) is 0 Å². The average molecular weight is 459 g/mol. The summed E-state index contributed by atoms with van der Waals surface area (Å²) in [5.41, 5.74) is 4.62. The SMILES string of the molecule is CC(=O)NCCNC(=O)Nc1cc(C(=O)C2=CCCC(c3ccc(C#N)cc3)CC2)ccc1C. The van der Waals surface area contributed by atoms with Crippen LogP contribution < -0.4 is 16.0 Å². The first kappa shape index (κ1) is 24.7. The molecule has 0 heterocycles. The van der Waals surface area contributed by atoms with E-state index in [1.165, 1.54) is 12.5 Å². The first-order valence-electron chi connectivity index (χ1n) is 11.5. The van der Waals surface area contributed by atoms with Crippen LogP contribution in [-0.2, 0) is 4.79 Å². The molecule has 1 aliphatic carbocycles. The maximum absolute atomic E-state index is 13.2. The van der Waals surface area contributed by atoms with Crippen LogP contribution in [0.25, 0.3) is 0 Å². The first-order chi connectivity index (χ1) is 16.4. The molecule has 7 nitrogen and oxygen atoms in total. The maximum atomic E-state index is 13.2. The minimum absolute atomic E-state index is 0.0189. The van der Waals surface area contributed by atoms with Gasteiger partial charge in [0.15, 0.2) is 5.78 Å². The molecule has 2 aromatic carbocycles. The molecular weight excluding hydrogens is 428 g/mol. The van der Waals surface area contributed by atoms with E-state index in [4.69, 9.17) is 5.26 Å². The molecule has 7 heteroatoms. The van der Waals surface area contributed by atoms with E-state index < -0.39 is 6.03 Å². The van der Waals surface area contributed by atoms with Gasteiger partial charge in [-0.05, 0) is 73.4 Å². The van der Waals surface area contributed by atoms with Crippen LogP contribution >= 0.6 is 0 Å². The number of allylic oxidation sites excluding steroid dienone is 2. The number of ketones is 1. The van der Waals surface area contributed by atoms with Gasteiger partial charge < -0.3 is 16.0 Å². The number of urea groups is 1. The Bertz CT molecular complexity index is 1130. The Morgan fingerprint density at radius 1 is 1.03 bits per heavy atom. The number of amides is 3. The monoisotopic (exact) mass is 458 g/mol.